The highest BCUT2D eigenvalue weighted by molar-refractivity contribution is 5.81. The molecule has 0 amide bonds. The second kappa shape index (κ2) is 6.04. The summed E-state index contributed by atoms with van der Waals surface area (Å²) in [6.07, 6.45) is 8.00. The minimum absolute atomic E-state index is 0.0336. The van der Waals surface area contributed by atoms with Gasteiger partial charge in [0.15, 0.2) is 0 Å². The molecule has 0 aromatic carbocycles. The van der Waals surface area contributed by atoms with Gasteiger partial charge in [-0.2, -0.15) is 0 Å². The summed E-state index contributed by atoms with van der Waals surface area (Å²) in [6, 6.07) is 0. The average molecular weight is 346 g/mol. The number of hydrogen-bond acceptors (Lipinski definition) is 3. The number of hydrogen-bond donors (Lipinski definition) is 3. The molecule has 25 heavy (non-hydrogen) atoms. The van der Waals surface area contributed by atoms with Gasteiger partial charge in [0.2, 0.25) is 0 Å². The van der Waals surface area contributed by atoms with Crippen LogP contribution in [0.25, 0.3) is 0 Å². The highest BCUT2D eigenvalue weighted by Gasteiger charge is 2.55. The summed E-state index contributed by atoms with van der Waals surface area (Å²) in [4.78, 5) is 23.0. The van der Waals surface area contributed by atoms with E-state index in [2.05, 4.69) is 6.92 Å². The van der Waals surface area contributed by atoms with Gasteiger partial charge in [0.1, 0.15) is 5.76 Å². The van der Waals surface area contributed by atoms with Gasteiger partial charge in [-0.15, -0.1) is 0 Å². The van der Waals surface area contributed by atoms with Crippen LogP contribution >= 0.6 is 0 Å². The molecule has 3 unspecified atom stereocenters. The van der Waals surface area contributed by atoms with E-state index in [1.165, 1.54) is 5.57 Å². The molecule has 0 aromatic rings. The van der Waals surface area contributed by atoms with E-state index in [0.717, 1.165) is 37.3 Å². The summed E-state index contributed by atoms with van der Waals surface area (Å²) in [5, 5.41) is 29.2. The van der Waals surface area contributed by atoms with Crippen molar-refractivity contribution in [1.82, 2.24) is 0 Å². The minimum atomic E-state index is -1.06. The summed E-state index contributed by atoms with van der Waals surface area (Å²) in [5.41, 5.74) is 1.81. The summed E-state index contributed by atoms with van der Waals surface area (Å²) in [5.74, 6) is -1.67. The van der Waals surface area contributed by atoms with Crippen LogP contribution in [0, 0.1) is 16.7 Å². The Hall–Kier alpha value is -2.04. The molecule has 3 N–H and O–H groups in total. The molecule has 5 heteroatoms. The summed E-state index contributed by atoms with van der Waals surface area (Å²) in [7, 11) is 0. The van der Waals surface area contributed by atoms with E-state index in [9.17, 15) is 19.8 Å². The smallest absolute Gasteiger partial charge is 0.328 e. The lowest BCUT2D eigenvalue weighted by Crippen LogP contribution is -2.50. The number of aliphatic hydroxyl groups is 1. The van der Waals surface area contributed by atoms with Crippen LogP contribution in [0.2, 0.25) is 0 Å². The molecule has 0 saturated heterocycles. The van der Waals surface area contributed by atoms with Gasteiger partial charge in [0.05, 0.1) is 5.41 Å². The second-order valence-electron chi connectivity index (χ2n) is 8.13. The fourth-order valence-corrected chi connectivity index (χ4v) is 5.49. The van der Waals surface area contributed by atoms with E-state index >= 15 is 0 Å². The fraction of sp³-hybridized carbons (Fsp3) is 0.600. The predicted octanol–water partition coefficient (Wildman–Crippen LogP) is 4.22. The van der Waals surface area contributed by atoms with Crippen molar-refractivity contribution in [1.29, 1.82) is 0 Å². The Balaban J connectivity index is 2.02. The summed E-state index contributed by atoms with van der Waals surface area (Å²) >= 11 is 0. The highest BCUT2D eigenvalue weighted by Crippen LogP contribution is 2.61. The molecular weight excluding hydrogens is 320 g/mol. The molecule has 3 rings (SSSR count). The number of rotatable bonds is 2. The molecule has 0 bridgehead atoms. The predicted molar refractivity (Wildman–Crippen MR) is 93.1 cm³/mol. The third kappa shape index (κ3) is 2.79. The number of carbonyl (C=O) groups is 2. The van der Waals surface area contributed by atoms with Crippen LogP contribution in [0.1, 0.15) is 58.8 Å². The van der Waals surface area contributed by atoms with Gasteiger partial charge < -0.3 is 15.3 Å². The average Bonchev–Trinajstić information content (AvgIpc) is 2.66. The van der Waals surface area contributed by atoms with E-state index in [1.54, 1.807) is 6.08 Å². The van der Waals surface area contributed by atoms with Gasteiger partial charge in [-0.05, 0) is 68.4 Å². The molecule has 3 aliphatic rings. The fourth-order valence-electron chi connectivity index (χ4n) is 5.49. The summed E-state index contributed by atoms with van der Waals surface area (Å²) < 4.78 is 0. The van der Waals surface area contributed by atoms with Crippen LogP contribution in [0.4, 0.5) is 0 Å². The van der Waals surface area contributed by atoms with Crippen molar-refractivity contribution in [3.05, 3.63) is 34.6 Å². The maximum absolute atomic E-state index is 12.0. The van der Waals surface area contributed by atoms with Crippen LogP contribution in [0.15, 0.2) is 34.6 Å². The zero-order valence-corrected chi connectivity index (χ0v) is 14.8. The first-order chi connectivity index (χ1) is 11.7. The van der Waals surface area contributed by atoms with Crippen molar-refractivity contribution in [3.63, 3.8) is 0 Å². The zero-order chi connectivity index (χ0) is 18.4. The Morgan fingerprint density at radius 1 is 1.16 bits per heavy atom. The zero-order valence-electron chi connectivity index (χ0n) is 14.8. The standard InChI is InChI=1S/C20H26O5/c1-19-8-3-9-20(2,18(24)25)16(19)7-5-12-10-15(21)13(11-17(22)23)4-6-14(12)19/h10-11,16,21H,3-9H2,1-2H3,(H,22,23)(H,24,25). The molecule has 3 atom stereocenters. The summed E-state index contributed by atoms with van der Waals surface area (Å²) in [6.45, 7) is 4.05. The lowest BCUT2D eigenvalue weighted by atomic mass is 9.49. The normalized spacial score (nSPS) is 37.0. The van der Waals surface area contributed by atoms with Crippen molar-refractivity contribution >= 4 is 11.9 Å². The maximum atomic E-state index is 12.0. The highest BCUT2D eigenvalue weighted by atomic mass is 16.4. The molecular formula is C20H26O5. The number of fused-ring (bicyclic) bond motifs is 2. The van der Waals surface area contributed by atoms with Crippen molar-refractivity contribution < 1.29 is 24.9 Å². The second-order valence-corrected chi connectivity index (χ2v) is 8.13. The maximum Gasteiger partial charge on any atom is 0.328 e. The van der Waals surface area contributed by atoms with Crippen LogP contribution in [-0.4, -0.2) is 27.3 Å². The Bertz CT molecular complexity index is 714. The van der Waals surface area contributed by atoms with E-state index in [-0.39, 0.29) is 17.1 Å². The molecule has 0 aromatic heterocycles. The number of carboxylic acids is 2. The van der Waals surface area contributed by atoms with Crippen LogP contribution in [0.3, 0.4) is 0 Å². The largest absolute Gasteiger partial charge is 0.508 e. The van der Waals surface area contributed by atoms with E-state index in [4.69, 9.17) is 5.11 Å². The Morgan fingerprint density at radius 3 is 2.52 bits per heavy atom. The van der Waals surface area contributed by atoms with E-state index in [0.29, 0.717) is 24.8 Å². The molecule has 0 spiro atoms. The first-order valence-electron chi connectivity index (χ1n) is 8.99. The molecule has 1 saturated carbocycles. The van der Waals surface area contributed by atoms with Crippen LogP contribution in [-0.2, 0) is 9.59 Å². The monoisotopic (exact) mass is 346 g/mol. The molecule has 0 radical (unpaired) electrons. The van der Waals surface area contributed by atoms with Crippen LogP contribution < -0.4 is 0 Å². The molecule has 0 aliphatic heterocycles. The van der Waals surface area contributed by atoms with Crippen molar-refractivity contribution in [2.45, 2.75) is 58.8 Å². The number of aliphatic hydroxyl groups excluding tert-OH is 1. The lowest BCUT2D eigenvalue weighted by Gasteiger charge is -2.54. The van der Waals surface area contributed by atoms with E-state index in [1.807, 2.05) is 6.92 Å². The molecule has 3 aliphatic carbocycles. The van der Waals surface area contributed by atoms with Crippen molar-refractivity contribution in [2.24, 2.45) is 16.7 Å². The first kappa shape index (κ1) is 17.8. The van der Waals surface area contributed by atoms with Gasteiger partial charge in [0, 0.05) is 11.6 Å². The van der Waals surface area contributed by atoms with Crippen molar-refractivity contribution in [3.8, 4) is 0 Å². The minimum Gasteiger partial charge on any atom is -0.508 e. The topological polar surface area (TPSA) is 94.8 Å². The van der Waals surface area contributed by atoms with Gasteiger partial charge >= 0.3 is 11.9 Å². The first-order valence-corrected chi connectivity index (χ1v) is 8.99. The number of allylic oxidation sites excluding steroid dienone is 4. The lowest BCUT2D eigenvalue weighted by molar-refractivity contribution is -0.159. The molecule has 0 heterocycles. The molecule has 1 fully saturated rings. The Labute approximate surface area is 147 Å². The van der Waals surface area contributed by atoms with Gasteiger partial charge in [-0.1, -0.05) is 18.9 Å². The molecule has 136 valence electrons. The Morgan fingerprint density at radius 2 is 1.88 bits per heavy atom. The van der Waals surface area contributed by atoms with Crippen LogP contribution in [0.5, 0.6) is 0 Å². The SMILES string of the molecule is CC1(C(=O)O)CCCC2(C)C3=C(C=C(O)C(=CC(=O)O)CC3)CCC12. The van der Waals surface area contributed by atoms with E-state index < -0.39 is 17.4 Å². The Kier molecular flexibility index (Phi) is 4.30. The van der Waals surface area contributed by atoms with Gasteiger partial charge in [-0.3, -0.25) is 4.79 Å². The van der Waals surface area contributed by atoms with Crippen molar-refractivity contribution in [2.75, 3.05) is 0 Å². The third-order valence-corrected chi connectivity index (χ3v) is 6.78. The van der Waals surface area contributed by atoms with Gasteiger partial charge in [0.25, 0.3) is 0 Å². The molecule has 5 nitrogen and oxygen atoms in total. The number of carboxylic acid groups (broad SMARTS) is 2. The number of aliphatic carboxylic acids is 2. The quantitative estimate of drug-likeness (QED) is 0.651. The third-order valence-electron chi connectivity index (χ3n) is 6.78. The van der Waals surface area contributed by atoms with Gasteiger partial charge in [-0.25, -0.2) is 4.79 Å².